The SMILES string of the molecule is Cc1c(Cl)cccc1C(=O)NCc1nccn1C. The number of aromatic nitrogens is 2. The van der Waals surface area contributed by atoms with Gasteiger partial charge in [0.05, 0.1) is 6.54 Å². The van der Waals surface area contributed by atoms with E-state index >= 15 is 0 Å². The highest BCUT2D eigenvalue weighted by molar-refractivity contribution is 6.31. The number of carbonyl (C=O) groups is 1. The fourth-order valence-corrected chi connectivity index (χ4v) is 1.85. The molecule has 4 nitrogen and oxygen atoms in total. The second kappa shape index (κ2) is 5.23. The van der Waals surface area contributed by atoms with Crippen molar-refractivity contribution in [1.82, 2.24) is 14.9 Å². The lowest BCUT2D eigenvalue weighted by atomic mass is 10.1. The van der Waals surface area contributed by atoms with E-state index in [9.17, 15) is 4.79 Å². The lowest BCUT2D eigenvalue weighted by Gasteiger charge is -2.08. The first-order chi connectivity index (χ1) is 8.59. The number of nitrogens with one attached hydrogen (secondary N) is 1. The van der Waals surface area contributed by atoms with Gasteiger partial charge in [0.2, 0.25) is 0 Å². The van der Waals surface area contributed by atoms with Crippen LogP contribution >= 0.6 is 11.6 Å². The van der Waals surface area contributed by atoms with Gasteiger partial charge in [0.15, 0.2) is 0 Å². The fourth-order valence-electron chi connectivity index (χ4n) is 1.67. The van der Waals surface area contributed by atoms with Gasteiger partial charge < -0.3 is 9.88 Å². The van der Waals surface area contributed by atoms with Crippen LogP contribution < -0.4 is 5.32 Å². The molecule has 0 unspecified atom stereocenters. The Morgan fingerprint density at radius 1 is 1.50 bits per heavy atom. The van der Waals surface area contributed by atoms with Crippen LogP contribution in [0.15, 0.2) is 30.6 Å². The molecule has 0 bridgehead atoms. The van der Waals surface area contributed by atoms with E-state index in [1.165, 1.54) is 0 Å². The fraction of sp³-hybridized carbons (Fsp3) is 0.231. The Morgan fingerprint density at radius 3 is 2.94 bits per heavy atom. The van der Waals surface area contributed by atoms with Crippen LogP contribution in [0.5, 0.6) is 0 Å². The Hall–Kier alpha value is -1.81. The molecule has 0 radical (unpaired) electrons. The zero-order valence-electron chi connectivity index (χ0n) is 10.3. The Morgan fingerprint density at radius 2 is 2.28 bits per heavy atom. The Bertz CT molecular complexity index is 577. The number of nitrogens with zero attached hydrogens (tertiary/aromatic N) is 2. The number of hydrogen-bond acceptors (Lipinski definition) is 2. The van der Waals surface area contributed by atoms with Crippen molar-refractivity contribution in [2.24, 2.45) is 7.05 Å². The predicted octanol–water partition coefficient (Wildman–Crippen LogP) is 2.31. The van der Waals surface area contributed by atoms with Crippen molar-refractivity contribution in [2.75, 3.05) is 0 Å². The van der Waals surface area contributed by atoms with E-state index in [1.807, 2.05) is 24.7 Å². The molecular weight excluding hydrogens is 250 g/mol. The number of hydrogen-bond donors (Lipinski definition) is 1. The molecule has 1 aromatic carbocycles. The third kappa shape index (κ3) is 2.54. The van der Waals surface area contributed by atoms with Gasteiger partial charge >= 0.3 is 0 Å². The van der Waals surface area contributed by atoms with Gasteiger partial charge in [-0.1, -0.05) is 17.7 Å². The first-order valence-corrected chi connectivity index (χ1v) is 5.97. The van der Waals surface area contributed by atoms with Gasteiger partial charge in [-0.3, -0.25) is 4.79 Å². The van der Waals surface area contributed by atoms with Crippen LogP contribution in [0.1, 0.15) is 21.7 Å². The molecule has 2 aromatic rings. The van der Waals surface area contributed by atoms with Gasteiger partial charge in [0, 0.05) is 30.0 Å². The van der Waals surface area contributed by atoms with E-state index < -0.39 is 0 Å². The van der Waals surface area contributed by atoms with Crippen molar-refractivity contribution in [2.45, 2.75) is 13.5 Å². The molecule has 18 heavy (non-hydrogen) atoms. The minimum absolute atomic E-state index is 0.141. The van der Waals surface area contributed by atoms with E-state index in [0.29, 0.717) is 17.1 Å². The van der Waals surface area contributed by atoms with Crippen LogP contribution in [-0.4, -0.2) is 15.5 Å². The van der Waals surface area contributed by atoms with E-state index in [0.717, 1.165) is 11.4 Å². The van der Waals surface area contributed by atoms with Gasteiger partial charge in [-0.05, 0) is 24.6 Å². The summed E-state index contributed by atoms with van der Waals surface area (Å²) in [4.78, 5) is 16.2. The van der Waals surface area contributed by atoms with E-state index in [1.54, 1.807) is 24.4 Å². The number of halogens is 1. The predicted molar refractivity (Wildman–Crippen MR) is 70.6 cm³/mol. The number of aryl methyl sites for hydroxylation is 1. The zero-order valence-corrected chi connectivity index (χ0v) is 11.0. The topological polar surface area (TPSA) is 46.9 Å². The Balaban J connectivity index is 2.09. The van der Waals surface area contributed by atoms with Crippen LogP contribution in [0.4, 0.5) is 0 Å². The van der Waals surface area contributed by atoms with Crippen LogP contribution in [0.3, 0.4) is 0 Å². The molecule has 5 heteroatoms. The number of benzene rings is 1. The van der Waals surface area contributed by atoms with Gasteiger partial charge in [0.1, 0.15) is 5.82 Å². The highest BCUT2D eigenvalue weighted by atomic mass is 35.5. The second-order valence-electron chi connectivity index (χ2n) is 4.05. The van der Waals surface area contributed by atoms with Crippen molar-refractivity contribution in [3.63, 3.8) is 0 Å². The number of imidazole rings is 1. The molecule has 0 aliphatic carbocycles. The lowest BCUT2D eigenvalue weighted by molar-refractivity contribution is 0.0949. The van der Waals surface area contributed by atoms with Crippen LogP contribution in [0.25, 0.3) is 0 Å². The molecule has 1 amide bonds. The Kier molecular flexibility index (Phi) is 3.67. The highest BCUT2D eigenvalue weighted by Crippen LogP contribution is 2.18. The van der Waals surface area contributed by atoms with Crippen LogP contribution in [0.2, 0.25) is 5.02 Å². The van der Waals surface area contributed by atoms with Crippen molar-refractivity contribution in [3.8, 4) is 0 Å². The Labute approximate surface area is 111 Å². The molecule has 0 fully saturated rings. The maximum absolute atomic E-state index is 12.0. The summed E-state index contributed by atoms with van der Waals surface area (Å²) in [5, 5.41) is 3.43. The smallest absolute Gasteiger partial charge is 0.251 e. The van der Waals surface area contributed by atoms with Gasteiger partial charge in [-0.25, -0.2) is 4.98 Å². The van der Waals surface area contributed by atoms with Crippen molar-refractivity contribution in [1.29, 1.82) is 0 Å². The number of rotatable bonds is 3. The largest absolute Gasteiger partial charge is 0.345 e. The summed E-state index contributed by atoms with van der Waals surface area (Å²) in [7, 11) is 1.89. The summed E-state index contributed by atoms with van der Waals surface area (Å²) in [6.45, 7) is 2.23. The van der Waals surface area contributed by atoms with Crippen molar-refractivity contribution in [3.05, 3.63) is 52.6 Å². The molecule has 1 N–H and O–H groups in total. The quantitative estimate of drug-likeness (QED) is 0.924. The summed E-state index contributed by atoms with van der Waals surface area (Å²) < 4.78 is 1.87. The van der Waals surface area contributed by atoms with Crippen LogP contribution in [0, 0.1) is 6.92 Å². The molecule has 0 saturated heterocycles. The molecule has 0 spiro atoms. The molecular formula is C13H14ClN3O. The monoisotopic (exact) mass is 263 g/mol. The van der Waals surface area contributed by atoms with Gasteiger partial charge in [0.25, 0.3) is 5.91 Å². The molecule has 1 aromatic heterocycles. The number of amides is 1. The van der Waals surface area contributed by atoms with Gasteiger partial charge in [-0.15, -0.1) is 0 Å². The second-order valence-corrected chi connectivity index (χ2v) is 4.46. The zero-order chi connectivity index (χ0) is 13.1. The lowest BCUT2D eigenvalue weighted by Crippen LogP contribution is -2.25. The van der Waals surface area contributed by atoms with E-state index in [2.05, 4.69) is 10.3 Å². The molecule has 0 saturated carbocycles. The molecule has 94 valence electrons. The third-order valence-electron chi connectivity index (χ3n) is 2.84. The first-order valence-electron chi connectivity index (χ1n) is 5.59. The van der Waals surface area contributed by atoms with E-state index in [-0.39, 0.29) is 5.91 Å². The molecule has 2 rings (SSSR count). The molecule has 0 atom stereocenters. The average molecular weight is 264 g/mol. The average Bonchev–Trinajstić information content (AvgIpc) is 2.75. The third-order valence-corrected chi connectivity index (χ3v) is 3.25. The molecule has 0 aliphatic heterocycles. The minimum atomic E-state index is -0.141. The van der Waals surface area contributed by atoms with Crippen LogP contribution in [-0.2, 0) is 13.6 Å². The number of carbonyl (C=O) groups excluding carboxylic acids is 1. The summed E-state index contributed by atoms with van der Waals surface area (Å²) in [6.07, 6.45) is 3.54. The first kappa shape index (κ1) is 12.6. The minimum Gasteiger partial charge on any atom is -0.345 e. The van der Waals surface area contributed by atoms with Gasteiger partial charge in [-0.2, -0.15) is 0 Å². The summed E-state index contributed by atoms with van der Waals surface area (Å²) in [5.41, 5.74) is 1.38. The van der Waals surface area contributed by atoms with Crippen molar-refractivity contribution < 1.29 is 4.79 Å². The summed E-state index contributed by atoms with van der Waals surface area (Å²) in [6, 6.07) is 5.30. The van der Waals surface area contributed by atoms with Crippen molar-refractivity contribution >= 4 is 17.5 Å². The summed E-state index contributed by atoms with van der Waals surface area (Å²) in [5.74, 6) is 0.668. The summed E-state index contributed by atoms with van der Waals surface area (Å²) >= 11 is 5.99. The molecule has 0 aliphatic rings. The van der Waals surface area contributed by atoms with E-state index in [4.69, 9.17) is 11.6 Å². The molecule has 1 heterocycles. The highest BCUT2D eigenvalue weighted by Gasteiger charge is 2.11. The normalized spacial score (nSPS) is 10.4. The maximum atomic E-state index is 12.0. The maximum Gasteiger partial charge on any atom is 0.251 e. The standard InChI is InChI=1S/C13H14ClN3O/c1-9-10(4-3-5-11(9)14)13(18)16-8-12-15-6-7-17(12)2/h3-7H,8H2,1-2H3,(H,16,18).